The second kappa shape index (κ2) is 4.59. The molecule has 0 spiro atoms. The fourth-order valence-corrected chi connectivity index (χ4v) is 2.20. The molecule has 2 rings (SSSR count). The normalized spacial score (nSPS) is 10.3. The van der Waals surface area contributed by atoms with Gasteiger partial charge in [0.2, 0.25) is 0 Å². The number of thiophene rings is 1. The quantitative estimate of drug-likeness (QED) is 0.895. The van der Waals surface area contributed by atoms with Crippen molar-refractivity contribution in [1.82, 2.24) is 9.97 Å². The lowest BCUT2D eigenvalue weighted by Gasteiger charge is -2.04. The lowest BCUT2D eigenvalue weighted by molar-refractivity contribution is 1.10. The lowest BCUT2D eigenvalue weighted by Crippen LogP contribution is -2.00. The van der Waals surface area contributed by atoms with Crippen molar-refractivity contribution in [3.63, 3.8) is 0 Å². The summed E-state index contributed by atoms with van der Waals surface area (Å²) in [6.45, 7) is 2.83. The molecule has 2 aromatic rings. The molecule has 0 amide bonds. The number of nitrogens with one attached hydrogen (secondary N) is 1. The third-order valence-corrected chi connectivity index (χ3v) is 3.17. The molecule has 2 heterocycles. The molecule has 0 aliphatic heterocycles. The molecule has 0 fully saturated rings. The van der Waals surface area contributed by atoms with Crippen molar-refractivity contribution in [1.29, 1.82) is 0 Å². The maximum atomic E-state index is 5.91. The molecule has 0 radical (unpaired) electrons. The summed E-state index contributed by atoms with van der Waals surface area (Å²) >= 11 is 7.68. The summed E-state index contributed by atoms with van der Waals surface area (Å²) in [4.78, 5) is 10.4. The third kappa shape index (κ3) is 2.67. The molecular formula is C10H10ClN3S. The molecule has 0 aliphatic carbocycles. The first kappa shape index (κ1) is 10.4. The monoisotopic (exact) mass is 239 g/mol. The van der Waals surface area contributed by atoms with Crippen molar-refractivity contribution < 1.29 is 0 Å². The van der Waals surface area contributed by atoms with E-state index in [2.05, 4.69) is 34.3 Å². The van der Waals surface area contributed by atoms with Crippen molar-refractivity contribution in [2.45, 2.75) is 13.5 Å². The van der Waals surface area contributed by atoms with Crippen molar-refractivity contribution in [2.75, 3.05) is 5.32 Å². The van der Waals surface area contributed by atoms with Crippen LogP contribution in [0.15, 0.2) is 24.7 Å². The minimum Gasteiger partial charge on any atom is -0.364 e. The van der Waals surface area contributed by atoms with E-state index < -0.39 is 0 Å². The van der Waals surface area contributed by atoms with Crippen LogP contribution in [0.2, 0.25) is 5.02 Å². The van der Waals surface area contributed by atoms with Crippen LogP contribution in [0.25, 0.3) is 0 Å². The van der Waals surface area contributed by atoms with Crippen LogP contribution in [0.4, 0.5) is 5.82 Å². The van der Waals surface area contributed by atoms with E-state index >= 15 is 0 Å². The summed E-state index contributed by atoms with van der Waals surface area (Å²) in [7, 11) is 0. The Hall–Kier alpha value is -1.13. The van der Waals surface area contributed by atoms with E-state index in [4.69, 9.17) is 11.6 Å². The number of aromatic nitrogens is 2. The fourth-order valence-electron chi connectivity index (χ4n) is 1.19. The molecule has 1 N–H and O–H groups in total. The average molecular weight is 240 g/mol. The van der Waals surface area contributed by atoms with E-state index in [1.807, 2.05) is 0 Å². The standard InChI is InChI=1S/C10H10ClN3S/c1-7-2-3-8(15-7)4-13-10-9(11)5-12-6-14-10/h2-3,5-6H,4H2,1H3,(H,12,13,14). The Morgan fingerprint density at radius 2 is 2.33 bits per heavy atom. The molecule has 0 unspecified atom stereocenters. The second-order valence-corrected chi connectivity index (χ2v) is 4.86. The molecule has 3 nitrogen and oxygen atoms in total. The van der Waals surface area contributed by atoms with Gasteiger partial charge in [-0.15, -0.1) is 11.3 Å². The van der Waals surface area contributed by atoms with Gasteiger partial charge in [0.25, 0.3) is 0 Å². The Bertz CT molecular complexity index is 455. The van der Waals surface area contributed by atoms with Crippen molar-refractivity contribution in [3.8, 4) is 0 Å². The molecule has 0 bridgehead atoms. The molecule has 5 heteroatoms. The highest BCUT2D eigenvalue weighted by Crippen LogP contribution is 2.19. The van der Waals surface area contributed by atoms with Gasteiger partial charge in [0.05, 0.1) is 12.7 Å². The van der Waals surface area contributed by atoms with E-state index in [0.717, 1.165) is 6.54 Å². The minimum absolute atomic E-state index is 0.547. The molecule has 0 saturated heterocycles. The lowest BCUT2D eigenvalue weighted by atomic mass is 10.4. The number of anilines is 1. The molecule has 0 aromatic carbocycles. The van der Waals surface area contributed by atoms with Crippen LogP contribution >= 0.6 is 22.9 Å². The van der Waals surface area contributed by atoms with Crippen LogP contribution in [0, 0.1) is 6.92 Å². The fraction of sp³-hybridized carbons (Fsp3) is 0.200. The number of hydrogen-bond donors (Lipinski definition) is 1. The molecule has 78 valence electrons. The molecule has 0 saturated carbocycles. The highest BCUT2D eigenvalue weighted by Gasteiger charge is 2.01. The zero-order chi connectivity index (χ0) is 10.7. The Labute approximate surface area is 97.2 Å². The van der Waals surface area contributed by atoms with Gasteiger partial charge in [-0.25, -0.2) is 9.97 Å². The number of rotatable bonds is 3. The first-order valence-electron chi connectivity index (χ1n) is 4.50. The Morgan fingerprint density at radius 1 is 1.47 bits per heavy atom. The van der Waals surface area contributed by atoms with Crippen LogP contribution in [-0.2, 0) is 6.54 Å². The predicted octanol–water partition coefficient (Wildman–Crippen LogP) is 3.11. The Balaban J connectivity index is 2.02. The van der Waals surface area contributed by atoms with E-state index in [9.17, 15) is 0 Å². The van der Waals surface area contributed by atoms with E-state index in [1.165, 1.54) is 16.1 Å². The van der Waals surface area contributed by atoms with Gasteiger partial charge in [-0.2, -0.15) is 0 Å². The molecule has 2 aromatic heterocycles. The number of nitrogens with zero attached hydrogens (tertiary/aromatic N) is 2. The Morgan fingerprint density at radius 3 is 3.00 bits per heavy atom. The summed E-state index contributed by atoms with van der Waals surface area (Å²) in [5.74, 6) is 0.678. The molecule has 0 aliphatic rings. The zero-order valence-electron chi connectivity index (χ0n) is 8.20. The molecule has 15 heavy (non-hydrogen) atoms. The van der Waals surface area contributed by atoms with Crippen molar-refractivity contribution in [2.24, 2.45) is 0 Å². The maximum absolute atomic E-state index is 5.91. The highest BCUT2D eigenvalue weighted by atomic mass is 35.5. The van der Waals surface area contributed by atoms with Gasteiger partial charge in [0.1, 0.15) is 17.2 Å². The third-order valence-electron chi connectivity index (χ3n) is 1.89. The minimum atomic E-state index is 0.547. The average Bonchev–Trinajstić information content (AvgIpc) is 2.63. The molecule has 0 atom stereocenters. The largest absolute Gasteiger partial charge is 0.364 e. The van der Waals surface area contributed by atoms with Gasteiger partial charge in [-0.3, -0.25) is 0 Å². The van der Waals surface area contributed by atoms with Gasteiger partial charge >= 0.3 is 0 Å². The first-order valence-corrected chi connectivity index (χ1v) is 5.70. The first-order chi connectivity index (χ1) is 7.25. The number of halogens is 1. The summed E-state index contributed by atoms with van der Waals surface area (Å²) in [6, 6.07) is 4.20. The van der Waals surface area contributed by atoms with Crippen LogP contribution in [-0.4, -0.2) is 9.97 Å². The van der Waals surface area contributed by atoms with Crippen LogP contribution in [0.3, 0.4) is 0 Å². The van der Waals surface area contributed by atoms with E-state index in [1.54, 1.807) is 17.5 Å². The van der Waals surface area contributed by atoms with Crippen LogP contribution in [0.5, 0.6) is 0 Å². The van der Waals surface area contributed by atoms with Crippen LogP contribution < -0.4 is 5.32 Å². The topological polar surface area (TPSA) is 37.8 Å². The van der Waals surface area contributed by atoms with Crippen LogP contribution in [0.1, 0.15) is 9.75 Å². The van der Waals surface area contributed by atoms with Gasteiger partial charge in [0, 0.05) is 9.75 Å². The second-order valence-electron chi connectivity index (χ2n) is 3.09. The zero-order valence-corrected chi connectivity index (χ0v) is 9.77. The predicted molar refractivity (Wildman–Crippen MR) is 63.4 cm³/mol. The Kier molecular flexibility index (Phi) is 3.18. The van der Waals surface area contributed by atoms with Gasteiger partial charge in [-0.1, -0.05) is 11.6 Å². The van der Waals surface area contributed by atoms with E-state index in [-0.39, 0.29) is 0 Å². The summed E-state index contributed by atoms with van der Waals surface area (Å²) < 4.78 is 0. The highest BCUT2D eigenvalue weighted by molar-refractivity contribution is 7.11. The summed E-state index contributed by atoms with van der Waals surface area (Å²) in [6.07, 6.45) is 3.06. The van der Waals surface area contributed by atoms with Gasteiger partial charge < -0.3 is 5.32 Å². The SMILES string of the molecule is Cc1ccc(CNc2ncncc2Cl)s1. The number of hydrogen-bond acceptors (Lipinski definition) is 4. The molecular weight excluding hydrogens is 230 g/mol. The summed E-state index contributed by atoms with van der Waals surface area (Å²) in [5.41, 5.74) is 0. The number of aryl methyl sites for hydroxylation is 1. The van der Waals surface area contributed by atoms with Gasteiger partial charge in [0.15, 0.2) is 0 Å². The summed E-state index contributed by atoms with van der Waals surface area (Å²) in [5, 5.41) is 3.72. The van der Waals surface area contributed by atoms with Gasteiger partial charge in [-0.05, 0) is 19.1 Å². The smallest absolute Gasteiger partial charge is 0.148 e. The maximum Gasteiger partial charge on any atom is 0.148 e. The van der Waals surface area contributed by atoms with Crippen molar-refractivity contribution in [3.05, 3.63) is 39.4 Å². The van der Waals surface area contributed by atoms with E-state index in [0.29, 0.717) is 10.8 Å². The van der Waals surface area contributed by atoms with Crippen molar-refractivity contribution >= 4 is 28.8 Å².